The SMILES string of the molecule is CCCC[N+]1=C(/C=C/C2=C(Oc3ccccc3)C(=C/C=C3/N(CCCCCC(=O)NCCOCCOCC(=O)NCCCC[C@H](NC(=O)N[C@@H](CCC(=O)O)C(=O)O)C(=O)O)c4ccc(S(=O)(=O)[O-])cc4C3(C)C)/CCC2)C(C)(C)c2ccccc21. The van der Waals surface area contributed by atoms with Gasteiger partial charge in [-0.25, -0.2) is 22.8 Å². The molecular weight excluding hydrogens is 1120 g/mol. The number of unbranched alkanes of at least 4 members (excludes halogenated alkanes) is 4. The van der Waals surface area contributed by atoms with E-state index in [1.807, 2.05) is 44.2 Å². The van der Waals surface area contributed by atoms with Crippen LogP contribution in [0.4, 0.5) is 16.2 Å². The van der Waals surface area contributed by atoms with E-state index in [0.717, 1.165) is 91.1 Å². The predicted octanol–water partition coefficient (Wildman–Crippen LogP) is 8.52. The Morgan fingerprint density at radius 3 is 2.13 bits per heavy atom. The molecule has 4 amide bonds. The molecule has 1 aliphatic carbocycles. The fraction of sp³-hybridized carbons (Fsp3) is 0.484. The Balaban J connectivity index is 0.977. The van der Waals surface area contributed by atoms with Gasteiger partial charge in [-0.05, 0) is 131 Å². The van der Waals surface area contributed by atoms with Crippen LogP contribution in [-0.4, -0.2) is 139 Å². The minimum Gasteiger partial charge on any atom is -0.744 e. The number of amides is 4. The molecule has 0 aromatic heterocycles. The van der Waals surface area contributed by atoms with Crippen LogP contribution in [0, 0.1) is 0 Å². The van der Waals surface area contributed by atoms with Crippen LogP contribution >= 0.6 is 0 Å². The third-order valence-electron chi connectivity index (χ3n) is 15.6. The molecule has 3 aromatic carbocycles. The molecule has 0 radical (unpaired) electrons. The van der Waals surface area contributed by atoms with Crippen molar-refractivity contribution >= 4 is 63.0 Å². The van der Waals surface area contributed by atoms with Crippen LogP contribution in [0.1, 0.15) is 136 Å². The van der Waals surface area contributed by atoms with Crippen LogP contribution in [0.5, 0.6) is 5.75 Å². The summed E-state index contributed by atoms with van der Waals surface area (Å²) in [5, 5.41) is 37.3. The molecule has 466 valence electrons. The Labute approximate surface area is 504 Å². The molecule has 3 aromatic rings. The monoisotopic (exact) mass is 1210 g/mol. The number of carboxylic acid groups (broad SMARTS) is 3. The number of benzene rings is 3. The number of allylic oxidation sites excluding steroid dienone is 7. The number of carboxylic acids is 3. The molecule has 0 bridgehead atoms. The fourth-order valence-electron chi connectivity index (χ4n) is 10.9. The smallest absolute Gasteiger partial charge is 0.326 e. The maximum Gasteiger partial charge on any atom is 0.326 e. The Hall–Kier alpha value is -7.66. The number of rotatable bonds is 35. The van der Waals surface area contributed by atoms with Crippen molar-refractivity contribution < 1.29 is 75.8 Å². The molecule has 3 aliphatic rings. The molecule has 7 N–H and O–H groups in total. The van der Waals surface area contributed by atoms with E-state index in [0.29, 0.717) is 32.2 Å². The summed E-state index contributed by atoms with van der Waals surface area (Å²) in [5.41, 5.74) is 7.53. The first kappa shape index (κ1) is 67.5. The van der Waals surface area contributed by atoms with E-state index in [1.165, 1.54) is 29.1 Å². The average molecular weight is 1210 g/mol. The number of ether oxygens (including phenoxy) is 3. The van der Waals surface area contributed by atoms with Gasteiger partial charge < -0.3 is 60.2 Å². The predicted molar refractivity (Wildman–Crippen MR) is 324 cm³/mol. The molecule has 2 heterocycles. The van der Waals surface area contributed by atoms with E-state index in [1.54, 1.807) is 6.07 Å². The maximum atomic E-state index is 12.8. The molecule has 0 fully saturated rings. The molecule has 0 spiro atoms. The molecule has 0 saturated carbocycles. The lowest BCUT2D eigenvalue weighted by Crippen LogP contribution is -2.51. The van der Waals surface area contributed by atoms with Crippen LogP contribution in [0.3, 0.4) is 0 Å². The number of carbonyl (C=O) groups is 6. The average Bonchev–Trinajstić information content (AvgIpc) is 4.06. The molecule has 22 heteroatoms. The van der Waals surface area contributed by atoms with E-state index in [4.69, 9.17) is 19.3 Å². The first-order chi connectivity index (χ1) is 41.0. The third-order valence-corrected chi connectivity index (χ3v) is 16.4. The van der Waals surface area contributed by atoms with E-state index in [-0.39, 0.29) is 68.6 Å². The Morgan fingerprint density at radius 2 is 1.42 bits per heavy atom. The van der Waals surface area contributed by atoms with Gasteiger partial charge in [-0.15, -0.1) is 0 Å². The number of para-hydroxylation sites is 2. The maximum absolute atomic E-state index is 12.8. The van der Waals surface area contributed by atoms with Gasteiger partial charge in [0.1, 0.15) is 46.9 Å². The summed E-state index contributed by atoms with van der Waals surface area (Å²) in [6.45, 7) is 13.1. The van der Waals surface area contributed by atoms with Crippen molar-refractivity contribution in [2.45, 2.75) is 152 Å². The van der Waals surface area contributed by atoms with Crippen molar-refractivity contribution in [3.8, 4) is 5.75 Å². The van der Waals surface area contributed by atoms with Gasteiger partial charge in [-0.2, -0.15) is 4.58 Å². The zero-order chi connectivity index (χ0) is 62.4. The van der Waals surface area contributed by atoms with E-state index in [2.05, 4.69) is 100 Å². The van der Waals surface area contributed by atoms with Gasteiger partial charge in [0, 0.05) is 73.4 Å². The van der Waals surface area contributed by atoms with Crippen LogP contribution in [-0.2, 0) is 54.4 Å². The minimum absolute atomic E-state index is 0.0141. The van der Waals surface area contributed by atoms with Crippen molar-refractivity contribution in [2.75, 3.05) is 57.5 Å². The lowest BCUT2D eigenvalue weighted by Gasteiger charge is -2.27. The number of anilines is 1. The quantitative estimate of drug-likeness (QED) is 0.0165. The summed E-state index contributed by atoms with van der Waals surface area (Å²) in [4.78, 5) is 72.9. The number of nitrogens with zero attached hydrogens (tertiary/aromatic N) is 2. The number of hydrogen-bond donors (Lipinski definition) is 7. The summed E-state index contributed by atoms with van der Waals surface area (Å²) in [6.07, 6.45) is 15.6. The Morgan fingerprint density at radius 1 is 0.721 bits per heavy atom. The number of nitrogens with one attached hydrogen (secondary N) is 4. The van der Waals surface area contributed by atoms with Crippen molar-refractivity contribution in [3.05, 3.63) is 131 Å². The molecule has 0 saturated heterocycles. The summed E-state index contributed by atoms with van der Waals surface area (Å²) in [5.74, 6) is -3.05. The second kappa shape index (κ2) is 32.2. The lowest BCUT2D eigenvalue weighted by atomic mass is 9.81. The lowest BCUT2D eigenvalue weighted by molar-refractivity contribution is -0.438. The zero-order valence-corrected chi connectivity index (χ0v) is 50.8. The normalized spacial score (nSPS) is 16.9. The van der Waals surface area contributed by atoms with E-state index >= 15 is 0 Å². The summed E-state index contributed by atoms with van der Waals surface area (Å²) >= 11 is 0. The topological polar surface area (TPSA) is 302 Å². The van der Waals surface area contributed by atoms with E-state index < -0.39 is 63.9 Å². The number of fused-ring (bicyclic) bond motifs is 2. The molecule has 2 aliphatic heterocycles. The highest BCUT2D eigenvalue weighted by Crippen LogP contribution is 2.49. The zero-order valence-electron chi connectivity index (χ0n) is 50.0. The largest absolute Gasteiger partial charge is 0.744 e. The summed E-state index contributed by atoms with van der Waals surface area (Å²) in [6, 6.07) is 19.1. The Bertz CT molecular complexity index is 3170. The highest BCUT2D eigenvalue weighted by molar-refractivity contribution is 7.85. The minimum atomic E-state index is -4.72. The van der Waals surface area contributed by atoms with Crippen molar-refractivity contribution in [2.24, 2.45) is 0 Å². The van der Waals surface area contributed by atoms with Gasteiger partial charge in [-0.1, -0.05) is 76.1 Å². The standard InChI is InChI=1S/C64H84N6O15S/c1-6-7-37-69-52-25-14-13-23-48(52)63(2,3)54(69)32-27-44-19-18-20-45(59(44)85-46-21-10-8-11-22-46)28-33-55-64(4,5)49-42-47(86(80,81)82)29-31-53(49)70(55)38-17-9-12-26-56(71)66-36-39-83-40-41-84-43-57(72)65-35-16-15-24-50(60(75)76)67-62(79)68-51(61(77)78)30-34-58(73)74/h8,10-11,13-14,21-23,25,27-29,31-33,42,50-51H,6-7,9,12,15-20,24,26,30,34-41,43H2,1-5H3,(H7-,65,66,67,68,71,72,73,74,75,76,77,78,79,80,81,82)/t50-,51-/m0/s1. The highest BCUT2D eigenvalue weighted by atomic mass is 32.2. The summed E-state index contributed by atoms with van der Waals surface area (Å²) in [7, 11) is -4.72. The van der Waals surface area contributed by atoms with Crippen molar-refractivity contribution in [1.29, 1.82) is 0 Å². The van der Waals surface area contributed by atoms with Crippen LogP contribution < -0.4 is 30.9 Å². The molecular formula is C64H84N6O15S. The first-order valence-corrected chi connectivity index (χ1v) is 31.0. The second-order valence-electron chi connectivity index (χ2n) is 22.6. The van der Waals surface area contributed by atoms with Gasteiger partial charge in [0.2, 0.25) is 17.5 Å². The third kappa shape index (κ3) is 19.2. The molecule has 2 atom stereocenters. The van der Waals surface area contributed by atoms with E-state index in [9.17, 15) is 52.0 Å². The van der Waals surface area contributed by atoms with Crippen LogP contribution in [0.15, 0.2) is 125 Å². The van der Waals surface area contributed by atoms with Gasteiger partial charge in [0.15, 0.2) is 5.71 Å². The van der Waals surface area contributed by atoms with Crippen molar-refractivity contribution in [3.63, 3.8) is 0 Å². The van der Waals surface area contributed by atoms with Crippen LogP contribution in [0.25, 0.3) is 0 Å². The number of hydrogen-bond acceptors (Lipinski definition) is 13. The number of carbonyl (C=O) groups excluding carboxylic acids is 3. The van der Waals surface area contributed by atoms with Gasteiger partial charge in [-0.3, -0.25) is 14.4 Å². The molecule has 6 rings (SSSR count). The highest BCUT2D eigenvalue weighted by Gasteiger charge is 2.44. The number of aliphatic carboxylic acids is 3. The van der Waals surface area contributed by atoms with Crippen molar-refractivity contribution in [1.82, 2.24) is 21.3 Å². The Kier molecular flexibility index (Phi) is 25.2. The molecule has 86 heavy (non-hydrogen) atoms. The summed E-state index contributed by atoms with van der Waals surface area (Å²) < 4.78 is 57.2. The van der Waals surface area contributed by atoms with Gasteiger partial charge in [0.25, 0.3) is 0 Å². The molecule has 21 nitrogen and oxygen atoms in total. The first-order valence-electron chi connectivity index (χ1n) is 29.6. The molecule has 0 unspecified atom stereocenters. The van der Waals surface area contributed by atoms with Crippen LogP contribution in [0.2, 0.25) is 0 Å². The fourth-order valence-corrected chi connectivity index (χ4v) is 11.4. The van der Waals surface area contributed by atoms with Gasteiger partial charge >= 0.3 is 23.9 Å². The second-order valence-corrected chi connectivity index (χ2v) is 24.0. The van der Waals surface area contributed by atoms with Gasteiger partial charge in [0.05, 0.1) is 30.1 Å². The number of urea groups is 1.